The predicted molar refractivity (Wildman–Crippen MR) is 170 cm³/mol. The summed E-state index contributed by atoms with van der Waals surface area (Å²) in [4.78, 5) is 10.2. The molecule has 0 saturated heterocycles. The van der Waals surface area contributed by atoms with Crippen LogP contribution in [0.4, 0.5) is 0 Å². The smallest absolute Gasteiger partial charge is 0.0705 e. The second-order valence-electron chi connectivity index (χ2n) is 10.7. The van der Waals surface area contributed by atoms with Gasteiger partial charge in [-0.15, -0.1) is 11.3 Å². The lowest BCUT2D eigenvalue weighted by atomic mass is 9.84. The van der Waals surface area contributed by atoms with Crippen LogP contribution in [-0.4, -0.2) is 9.97 Å². The highest BCUT2D eigenvalue weighted by Crippen LogP contribution is 2.40. The summed E-state index contributed by atoms with van der Waals surface area (Å²) in [5.74, 6) is 0. The van der Waals surface area contributed by atoms with Crippen molar-refractivity contribution in [3.05, 3.63) is 145 Å². The van der Waals surface area contributed by atoms with Crippen LogP contribution in [0.2, 0.25) is 0 Å². The molecule has 0 radical (unpaired) electrons. The summed E-state index contributed by atoms with van der Waals surface area (Å²) in [6.07, 6.45) is 0. The van der Waals surface area contributed by atoms with Crippen LogP contribution in [0.1, 0.15) is 25.2 Å². The molecule has 0 aliphatic heterocycles. The maximum Gasteiger partial charge on any atom is 0.0705 e. The standard InChI is InChI=1S/C37H28N2S/c1-37(2,34-22-10-19-31(38-34)25-12-4-3-5-13-25)35-23-11-20-32(39-35)27-15-8-14-26(24-27)28-17-9-18-30-29-16-6-7-21-33(29)40-36(28)30/h3-24H,1-2H3. The van der Waals surface area contributed by atoms with Gasteiger partial charge in [-0.05, 0) is 61.4 Å². The molecule has 0 atom stereocenters. The minimum Gasteiger partial charge on any atom is -0.252 e. The fraction of sp³-hybridized carbons (Fsp3) is 0.0811. The van der Waals surface area contributed by atoms with Gasteiger partial charge in [0.1, 0.15) is 0 Å². The third kappa shape index (κ3) is 4.29. The number of hydrogen-bond acceptors (Lipinski definition) is 3. The molecule has 0 saturated carbocycles. The molecule has 7 aromatic rings. The van der Waals surface area contributed by atoms with E-state index in [9.17, 15) is 0 Å². The number of nitrogens with zero attached hydrogens (tertiary/aromatic N) is 2. The Labute approximate surface area is 238 Å². The first-order chi connectivity index (χ1) is 19.6. The molecule has 192 valence electrons. The fourth-order valence-corrected chi connectivity index (χ4v) is 6.69. The minimum absolute atomic E-state index is 0.360. The Morgan fingerprint density at radius 3 is 1.85 bits per heavy atom. The fourth-order valence-electron chi connectivity index (χ4n) is 5.45. The van der Waals surface area contributed by atoms with E-state index in [-0.39, 0.29) is 5.41 Å². The normalized spacial score (nSPS) is 11.8. The Kier molecular flexibility index (Phi) is 6.02. The number of thiophene rings is 1. The predicted octanol–water partition coefficient (Wildman–Crippen LogP) is 10.2. The lowest BCUT2D eigenvalue weighted by Gasteiger charge is -2.25. The maximum absolute atomic E-state index is 5.19. The molecule has 4 aromatic carbocycles. The van der Waals surface area contributed by atoms with Gasteiger partial charge in [-0.1, -0.05) is 97.1 Å². The van der Waals surface area contributed by atoms with Crippen LogP contribution in [0.3, 0.4) is 0 Å². The van der Waals surface area contributed by atoms with Crippen LogP contribution in [0.15, 0.2) is 133 Å². The zero-order valence-electron chi connectivity index (χ0n) is 22.5. The summed E-state index contributed by atoms with van der Waals surface area (Å²) in [6, 6.07) is 47.0. The van der Waals surface area contributed by atoms with Crippen molar-refractivity contribution in [3.63, 3.8) is 0 Å². The van der Waals surface area contributed by atoms with E-state index < -0.39 is 0 Å². The van der Waals surface area contributed by atoms with E-state index in [0.29, 0.717) is 0 Å². The number of fused-ring (bicyclic) bond motifs is 3. The van der Waals surface area contributed by atoms with E-state index in [2.05, 4.69) is 141 Å². The Bertz CT molecular complexity index is 1990. The molecule has 0 amide bonds. The van der Waals surface area contributed by atoms with Crippen molar-refractivity contribution >= 4 is 31.5 Å². The highest BCUT2D eigenvalue weighted by molar-refractivity contribution is 7.26. The van der Waals surface area contributed by atoms with Crippen molar-refractivity contribution in [2.45, 2.75) is 19.3 Å². The molecule has 0 spiro atoms. The third-order valence-corrected chi connectivity index (χ3v) is 8.94. The first-order valence-electron chi connectivity index (χ1n) is 13.6. The van der Waals surface area contributed by atoms with Gasteiger partial charge in [0.15, 0.2) is 0 Å². The van der Waals surface area contributed by atoms with Crippen LogP contribution in [0.5, 0.6) is 0 Å². The molecule has 0 fully saturated rings. The summed E-state index contributed by atoms with van der Waals surface area (Å²) in [5, 5.41) is 2.64. The lowest BCUT2D eigenvalue weighted by Crippen LogP contribution is -2.22. The first-order valence-corrected chi connectivity index (χ1v) is 14.4. The summed E-state index contributed by atoms with van der Waals surface area (Å²) in [5.41, 5.74) is 8.29. The van der Waals surface area contributed by atoms with Gasteiger partial charge in [0.05, 0.1) is 22.8 Å². The average Bonchev–Trinajstić information content (AvgIpc) is 3.41. The summed E-state index contributed by atoms with van der Waals surface area (Å²) in [6.45, 7) is 4.41. The van der Waals surface area contributed by atoms with E-state index in [0.717, 1.165) is 33.9 Å². The molecular weight excluding hydrogens is 504 g/mol. The van der Waals surface area contributed by atoms with Crippen molar-refractivity contribution in [2.75, 3.05) is 0 Å². The molecule has 2 nitrogen and oxygen atoms in total. The van der Waals surface area contributed by atoms with Gasteiger partial charge in [-0.25, -0.2) is 0 Å². The SMILES string of the molecule is CC(C)(c1cccc(-c2ccccc2)n1)c1cccc(-c2cccc(-c3cccc4c3sc3ccccc34)c2)n1. The first kappa shape index (κ1) is 24.4. The van der Waals surface area contributed by atoms with E-state index in [4.69, 9.17) is 9.97 Å². The summed E-state index contributed by atoms with van der Waals surface area (Å²) < 4.78 is 2.65. The van der Waals surface area contributed by atoms with Crippen molar-refractivity contribution in [3.8, 4) is 33.6 Å². The lowest BCUT2D eigenvalue weighted by molar-refractivity contribution is 0.597. The van der Waals surface area contributed by atoms with Crippen LogP contribution in [0.25, 0.3) is 53.8 Å². The number of benzene rings is 4. The Morgan fingerprint density at radius 1 is 0.500 bits per heavy atom. The summed E-state index contributed by atoms with van der Waals surface area (Å²) >= 11 is 1.87. The molecule has 0 N–H and O–H groups in total. The molecule has 0 aliphatic carbocycles. The maximum atomic E-state index is 5.19. The number of aromatic nitrogens is 2. The number of hydrogen-bond donors (Lipinski definition) is 0. The Morgan fingerprint density at radius 2 is 1.07 bits per heavy atom. The topological polar surface area (TPSA) is 25.8 Å². The van der Waals surface area contributed by atoms with E-state index in [1.807, 2.05) is 17.4 Å². The van der Waals surface area contributed by atoms with Gasteiger partial charge >= 0.3 is 0 Å². The van der Waals surface area contributed by atoms with Gasteiger partial charge in [-0.3, -0.25) is 9.97 Å². The highest BCUT2D eigenvalue weighted by atomic mass is 32.1. The molecule has 0 bridgehead atoms. The van der Waals surface area contributed by atoms with Crippen molar-refractivity contribution < 1.29 is 0 Å². The van der Waals surface area contributed by atoms with Gasteiger partial charge in [0, 0.05) is 36.7 Å². The van der Waals surface area contributed by atoms with Crippen LogP contribution in [-0.2, 0) is 5.41 Å². The van der Waals surface area contributed by atoms with Crippen molar-refractivity contribution in [2.24, 2.45) is 0 Å². The van der Waals surface area contributed by atoms with Gasteiger partial charge in [-0.2, -0.15) is 0 Å². The second kappa shape index (κ2) is 9.86. The van der Waals surface area contributed by atoms with Gasteiger partial charge in [0.2, 0.25) is 0 Å². The second-order valence-corrected chi connectivity index (χ2v) is 11.7. The van der Waals surface area contributed by atoms with Crippen molar-refractivity contribution in [1.82, 2.24) is 9.97 Å². The molecule has 3 heterocycles. The Balaban J connectivity index is 1.27. The molecule has 7 rings (SSSR count). The quantitative estimate of drug-likeness (QED) is 0.220. The van der Waals surface area contributed by atoms with Crippen LogP contribution < -0.4 is 0 Å². The van der Waals surface area contributed by atoms with Crippen LogP contribution in [0, 0.1) is 0 Å². The van der Waals surface area contributed by atoms with Crippen molar-refractivity contribution in [1.29, 1.82) is 0 Å². The van der Waals surface area contributed by atoms with E-state index in [1.54, 1.807) is 0 Å². The zero-order valence-corrected chi connectivity index (χ0v) is 23.3. The zero-order chi connectivity index (χ0) is 27.1. The molecule has 0 unspecified atom stereocenters. The monoisotopic (exact) mass is 532 g/mol. The molecule has 0 aliphatic rings. The molecule has 3 heteroatoms. The molecule has 40 heavy (non-hydrogen) atoms. The Hall–Kier alpha value is -4.60. The summed E-state index contributed by atoms with van der Waals surface area (Å²) in [7, 11) is 0. The highest BCUT2D eigenvalue weighted by Gasteiger charge is 2.27. The largest absolute Gasteiger partial charge is 0.252 e. The van der Waals surface area contributed by atoms with E-state index >= 15 is 0 Å². The minimum atomic E-state index is -0.360. The third-order valence-electron chi connectivity index (χ3n) is 7.72. The van der Waals surface area contributed by atoms with Gasteiger partial charge < -0.3 is 0 Å². The average molecular weight is 533 g/mol. The number of pyridine rings is 2. The number of rotatable bonds is 5. The van der Waals surface area contributed by atoms with Gasteiger partial charge in [0.25, 0.3) is 0 Å². The molecule has 3 aromatic heterocycles. The molecular formula is C37H28N2S. The van der Waals surface area contributed by atoms with Crippen LogP contribution >= 0.6 is 11.3 Å². The van der Waals surface area contributed by atoms with E-state index in [1.165, 1.54) is 31.3 Å².